The van der Waals surface area contributed by atoms with Crippen molar-refractivity contribution in [3.63, 3.8) is 0 Å². The fourth-order valence-corrected chi connectivity index (χ4v) is 3.74. The maximum Gasteiger partial charge on any atom is 0.205 e. The first-order valence-corrected chi connectivity index (χ1v) is 9.70. The first-order valence-electron chi connectivity index (χ1n) is 9.70. The van der Waals surface area contributed by atoms with Gasteiger partial charge in [0, 0.05) is 32.7 Å². The van der Waals surface area contributed by atoms with E-state index in [0.29, 0.717) is 6.54 Å². The number of aromatic nitrogens is 2. The van der Waals surface area contributed by atoms with Gasteiger partial charge in [-0.25, -0.2) is 4.98 Å². The number of aliphatic hydroxyl groups is 1. The van der Waals surface area contributed by atoms with Gasteiger partial charge in [0.05, 0.1) is 37.1 Å². The zero-order chi connectivity index (χ0) is 19.3. The predicted molar refractivity (Wildman–Crippen MR) is 112 cm³/mol. The van der Waals surface area contributed by atoms with Crippen LogP contribution in [0.3, 0.4) is 0 Å². The fourth-order valence-electron chi connectivity index (χ4n) is 3.74. The quantitative estimate of drug-likeness (QED) is 0.654. The van der Waals surface area contributed by atoms with Crippen molar-refractivity contribution in [2.24, 2.45) is 0 Å². The molecule has 0 saturated carbocycles. The number of nitrogens with zero attached hydrogens (tertiary/aromatic N) is 4. The maximum absolute atomic E-state index is 9.17. The molecule has 0 spiro atoms. The standard InChI is InChI=1S/C21H27N5O2/c1-28-20-9-5-4-8-19(20)25-13-11-24(12-14-25)16-26-18-7-3-2-6-17(18)23-21(26)22-10-15-27/h2-9,27H,10-16H2,1H3,(H,22,23). The van der Waals surface area contributed by atoms with Crippen LogP contribution in [0.1, 0.15) is 0 Å². The van der Waals surface area contributed by atoms with Crippen molar-refractivity contribution in [3.05, 3.63) is 48.5 Å². The number of hydrogen-bond acceptors (Lipinski definition) is 6. The van der Waals surface area contributed by atoms with Crippen LogP contribution in [0.5, 0.6) is 5.75 Å². The minimum atomic E-state index is 0.0841. The second kappa shape index (κ2) is 8.50. The van der Waals surface area contributed by atoms with E-state index in [1.54, 1.807) is 7.11 Å². The van der Waals surface area contributed by atoms with Crippen molar-refractivity contribution in [1.82, 2.24) is 14.5 Å². The molecule has 1 saturated heterocycles. The molecule has 2 heterocycles. The Balaban J connectivity index is 1.47. The summed E-state index contributed by atoms with van der Waals surface area (Å²) in [6.07, 6.45) is 0. The summed E-state index contributed by atoms with van der Waals surface area (Å²) in [5.41, 5.74) is 3.23. The van der Waals surface area contributed by atoms with Crippen LogP contribution >= 0.6 is 0 Å². The van der Waals surface area contributed by atoms with E-state index < -0.39 is 0 Å². The van der Waals surface area contributed by atoms with Gasteiger partial charge in [0.25, 0.3) is 0 Å². The van der Waals surface area contributed by atoms with Gasteiger partial charge in [-0.05, 0) is 24.3 Å². The van der Waals surface area contributed by atoms with Crippen LogP contribution < -0.4 is 15.0 Å². The third-order valence-electron chi connectivity index (χ3n) is 5.19. The van der Waals surface area contributed by atoms with Crippen LogP contribution in [0.25, 0.3) is 11.0 Å². The number of fused-ring (bicyclic) bond motifs is 1. The molecule has 28 heavy (non-hydrogen) atoms. The highest BCUT2D eigenvalue weighted by Gasteiger charge is 2.21. The van der Waals surface area contributed by atoms with Crippen molar-refractivity contribution < 1.29 is 9.84 Å². The Hall–Kier alpha value is -2.77. The lowest BCUT2D eigenvalue weighted by molar-refractivity contribution is 0.209. The highest BCUT2D eigenvalue weighted by molar-refractivity contribution is 5.78. The Kier molecular flexibility index (Phi) is 5.64. The van der Waals surface area contributed by atoms with Gasteiger partial charge in [0.2, 0.25) is 5.95 Å². The summed E-state index contributed by atoms with van der Waals surface area (Å²) in [5.74, 6) is 1.73. The molecule has 0 aliphatic carbocycles. The molecule has 2 N–H and O–H groups in total. The largest absolute Gasteiger partial charge is 0.495 e. The van der Waals surface area contributed by atoms with Crippen LogP contribution in [0, 0.1) is 0 Å². The van der Waals surface area contributed by atoms with E-state index in [4.69, 9.17) is 9.84 Å². The number of aliphatic hydroxyl groups excluding tert-OH is 1. The Morgan fingerprint density at radius 3 is 2.57 bits per heavy atom. The number of ether oxygens (including phenoxy) is 1. The molecule has 0 bridgehead atoms. The van der Waals surface area contributed by atoms with E-state index in [0.717, 1.165) is 61.3 Å². The molecule has 3 aromatic rings. The molecular weight excluding hydrogens is 354 g/mol. The zero-order valence-corrected chi connectivity index (χ0v) is 16.2. The van der Waals surface area contributed by atoms with Crippen LogP contribution in [-0.4, -0.2) is 66.0 Å². The lowest BCUT2D eigenvalue weighted by Crippen LogP contribution is -2.47. The molecule has 2 aromatic carbocycles. The molecule has 1 fully saturated rings. The number of nitrogens with one attached hydrogen (secondary N) is 1. The smallest absolute Gasteiger partial charge is 0.205 e. The van der Waals surface area contributed by atoms with Gasteiger partial charge < -0.3 is 20.1 Å². The predicted octanol–water partition coefficient (Wildman–Crippen LogP) is 2.23. The van der Waals surface area contributed by atoms with E-state index >= 15 is 0 Å². The second-order valence-corrected chi connectivity index (χ2v) is 6.92. The first kappa shape index (κ1) is 18.6. The van der Waals surface area contributed by atoms with Gasteiger partial charge in [-0.15, -0.1) is 0 Å². The number of imidazole rings is 1. The first-order chi connectivity index (χ1) is 13.8. The van der Waals surface area contributed by atoms with Crippen LogP contribution in [0.2, 0.25) is 0 Å². The number of methoxy groups -OCH3 is 1. The highest BCUT2D eigenvalue weighted by Crippen LogP contribution is 2.28. The number of benzene rings is 2. The molecule has 1 aliphatic rings. The Morgan fingerprint density at radius 1 is 1.04 bits per heavy atom. The highest BCUT2D eigenvalue weighted by atomic mass is 16.5. The molecule has 1 aromatic heterocycles. The van der Waals surface area contributed by atoms with Crippen molar-refractivity contribution in [1.29, 1.82) is 0 Å². The topological polar surface area (TPSA) is 65.8 Å². The Bertz CT molecular complexity index is 918. The third-order valence-corrected chi connectivity index (χ3v) is 5.19. The van der Waals surface area contributed by atoms with E-state index in [1.807, 2.05) is 30.3 Å². The summed E-state index contributed by atoms with van der Waals surface area (Å²) in [7, 11) is 1.72. The molecule has 7 heteroatoms. The molecule has 0 atom stereocenters. The number of piperazine rings is 1. The summed E-state index contributed by atoms with van der Waals surface area (Å²) in [4.78, 5) is 9.50. The van der Waals surface area contributed by atoms with Crippen LogP contribution in [-0.2, 0) is 6.67 Å². The number of rotatable bonds is 7. The normalized spacial score (nSPS) is 15.1. The van der Waals surface area contributed by atoms with Gasteiger partial charge in [-0.1, -0.05) is 24.3 Å². The van der Waals surface area contributed by atoms with Gasteiger partial charge in [-0.3, -0.25) is 9.47 Å². The monoisotopic (exact) mass is 381 g/mol. The average Bonchev–Trinajstić information content (AvgIpc) is 3.10. The number of anilines is 2. The van der Waals surface area contributed by atoms with Crippen molar-refractivity contribution in [2.75, 3.05) is 56.7 Å². The molecule has 1 aliphatic heterocycles. The summed E-state index contributed by atoms with van der Waals surface area (Å²) >= 11 is 0. The molecule has 148 valence electrons. The summed E-state index contributed by atoms with van der Waals surface area (Å²) in [6.45, 7) is 5.17. The zero-order valence-electron chi connectivity index (χ0n) is 16.2. The van der Waals surface area contributed by atoms with Crippen molar-refractivity contribution in [2.45, 2.75) is 6.67 Å². The number of para-hydroxylation sites is 4. The van der Waals surface area contributed by atoms with E-state index in [9.17, 15) is 0 Å². The third kappa shape index (κ3) is 3.76. The lowest BCUT2D eigenvalue weighted by atomic mass is 10.2. The maximum atomic E-state index is 9.17. The van der Waals surface area contributed by atoms with Gasteiger partial charge >= 0.3 is 0 Å². The fraction of sp³-hybridized carbons (Fsp3) is 0.381. The van der Waals surface area contributed by atoms with Gasteiger partial charge in [0.1, 0.15) is 5.75 Å². The van der Waals surface area contributed by atoms with E-state index in [2.05, 4.69) is 42.9 Å². The Morgan fingerprint density at radius 2 is 1.79 bits per heavy atom. The molecule has 0 amide bonds. The van der Waals surface area contributed by atoms with E-state index in [1.165, 1.54) is 0 Å². The van der Waals surface area contributed by atoms with Crippen molar-refractivity contribution >= 4 is 22.7 Å². The minimum absolute atomic E-state index is 0.0841. The van der Waals surface area contributed by atoms with Gasteiger partial charge in [0.15, 0.2) is 0 Å². The average molecular weight is 381 g/mol. The lowest BCUT2D eigenvalue weighted by Gasteiger charge is -2.36. The molecule has 4 rings (SSSR count). The van der Waals surface area contributed by atoms with E-state index in [-0.39, 0.29) is 6.61 Å². The van der Waals surface area contributed by atoms with Gasteiger partial charge in [-0.2, -0.15) is 0 Å². The Labute approximate surface area is 165 Å². The molecule has 7 nitrogen and oxygen atoms in total. The minimum Gasteiger partial charge on any atom is -0.495 e. The number of hydrogen-bond donors (Lipinski definition) is 2. The molecule has 0 radical (unpaired) electrons. The summed E-state index contributed by atoms with van der Waals surface area (Å²) in [6, 6.07) is 16.3. The van der Waals surface area contributed by atoms with Crippen LogP contribution in [0.15, 0.2) is 48.5 Å². The molecular formula is C21H27N5O2. The summed E-state index contributed by atoms with van der Waals surface area (Å²) < 4.78 is 7.71. The molecule has 0 unspecified atom stereocenters. The van der Waals surface area contributed by atoms with Crippen molar-refractivity contribution in [3.8, 4) is 5.75 Å². The summed E-state index contributed by atoms with van der Waals surface area (Å²) in [5, 5.41) is 12.4. The SMILES string of the molecule is COc1ccccc1N1CCN(Cn2c(NCCO)nc3ccccc32)CC1. The second-order valence-electron chi connectivity index (χ2n) is 6.92. The van der Waals surface area contributed by atoms with Crippen LogP contribution in [0.4, 0.5) is 11.6 Å².